The van der Waals surface area contributed by atoms with E-state index in [1.165, 1.54) is 16.7 Å². The molecule has 29 heavy (non-hydrogen) atoms. The normalized spacial score (nSPS) is 10.9. The lowest BCUT2D eigenvalue weighted by Crippen LogP contribution is -2.16. The lowest BCUT2D eigenvalue weighted by molar-refractivity contribution is -0.145. The summed E-state index contributed by atoms with van der Waals surface area (Å²) in [7, 11) is 0. The maximum Gasteiger partial charge on any atom is 0.306 e. The number of carbonyl (C=O) groups excluding carboxylic acids is 1. The molecule has 0 atom stereocenters. The fourth-order valence-corrected chi connectivity index (χ4v) is 2.75. The molecule has 0 aliphatic rings. The first kappa shape index (κ1) is 18.8. The Hall–Kier alpha value is -3.59. The van der Waals surface area contributed by atoms with Gasteiger partial charge in [0, 0.05) is 24.9 Å². The third-order valence-electron chi connectivity index (χ3n) is 3.96. The average molecular weight is 412 g/mol. The van der Waals surface area contributed by atoms with E-state index in [2.05, 4.69) is 20.1 Å². The Bertz CT molecular complexity index is 1220. The van der Waals surface area contributed by atoms with Crippen LogP contribution in [0.4, 0.5) is 0 Å². The van der Waals surface area contributed by atoms with Gasteiger partial charge in [0.25, 0.3) is 5.56 Å². The fourth-order valence-electron chi connectivity index (χ4n) is 2.59. The van der Waals surface area contributed by atoms with Crippen LogP contribution in [0.5, 0.6) is 0 Å². The number of ether oxygens (including phenoxy) is 1. The molecule has 4 aromatic rings. The van der Waals surface area contributed by atoms with Gasteiger partial charge in [-0.1, -0.05) is 22.8 Å². The Balaban J connectivity index is 1.34. The minimum Gasteiger partial charge on any atom is -0.459 e. The van der Waals surface area contributed by atoms with Gasteiger partial charge in [0.15, 0.2) is 0 Å². The molecule has 0 spiro atoms. The van der Waals surface area contributed by atoms with E-state index in [0.717, 1.165) is 0 Å². The summed E-state index contributed by atoms with van der Waals surface area (Å²) in [6.07, 6.45) is 3.38. The lowest BCUT2D eigenvalue weighted by Gasteiger charge is -2.05. The van der Waals surface area contributed by atoms with E-state index in [1.54, 1.807) is 30.5 Å². The van der Waals surface area contributed by atoms with E-state index in [9.17, 15) is 9.59 Å². The molecule has 0 bridgehead atoms. The van der Waals surface area contributed by atoms with E-state index in [0.29, 0.717) is 33.8 Å². The molecular weight excluding hydrogens is 398 g/mol. The number of aryl methyl sites for hydroxylation is 1. The van der Waals surface area contributed by atoms with E-state index in [4.69, 9.17) is 20.9 Å². The van der Waals surface area contributed by atoms with E-state index in [1.807, 2.05) is 6.07 Å². The summed E-state index contributed by atoms with van der Waals surface area (Å²) in [5, 5.41) is 4.27. The zero-order valence-electron chi connectivity index (χ0n) is 15.0. The van der Waals surface area contributed by atoms with Gasteiger partial charge in [-0.15, -0.1) is 0 Å². The number of fused-ring (bicyclic) bond motifs is 1. The van der Waals surface area contributed by atoms with Crippen LogP contribution >= 0.6 is 11.6 Å². The van der Waals surface area contributed by atoms with Crippen LogP contribution in [0.2, 0.25) is 5.02 Å². The summed E-state index contributed by atoms with van der Waals surface area (Å²) >= 11 is 5.88. The second-order valence-corrected chi connectivity index (χ2v) is 6.49. The number of hydrogen-bond acceptors (Lipinski definition) is 8. The van der Waals surface area contributed by atoms with Crippen LogP contribution in [-0.2, 0) is 22.6 Å². The predicted molar refractivity (Wildman–Crippen MR) is 102 cm³/mol. The lowest BCUT2D eigenvalue weighted by atomic mass is 10.3. The molecule has 4 aromatic heterocycles. The number of halogens is 1. The molecule has 0 aromatic carbocycles. The van der Waals surface area contributed by atoms with Gasteiger partial charge in [-0.05, 0) is 24.3 Å². The number of carbonyl (C=O) groups is 1. The van der Waals surface area contributed by atoms with Gasteiger partial charge in [-0.25, -0.2) is 4.98 Å². The molecule has 0 aliphatic heterocycles. The van der Waals surface area contributed by atoms with Crippen LogP contribution < -0.4 is 5.56 Å². The topological polar surface area (TPSA) is 112 Å². The highest BCUT2D eigenvalue weighted by Gasteiger charge is 2.12. The molecule has 146 valence electrons. The number of pyridine rings is 2. The Labute approximate surface area is 168 Å². The van der Waals surface area contributed by atoms with Crippen molar-refractivity contribution in [2.75, 3.05) is 0 Å². The second kappa shape index (κ2) is 8.19. The Morgan fingerprint density at radius 2 is 2.10 bits per heavy atom. The van der Waals surface area contributed by atoms with Gasteiger partial charge in [-0.2, -0.15) is 4.98 Å². The van der Waals surface area contributed by atoms with Crippen LogP contribution in [0, 0.1) is 0 Å². The minimum atomic E-state index is -0.472. The molecule has 0 radical (unpaired) electrons. The average Bonchev–Trinajstić information content (AvgIpc) is 3.21. The van der Waals surface area contributed by atoms with Gasteiger partial charge >= 0.3 is 5.97 Å². The zero-order valence-corrected chi connectivity index (χ0v) is 15.7. The third kappa shape index (κ3) is 4.46. The summed E-state index contributed by atoms with van der Waals surface area (Å²) in [6, 6.07) is 9.90. The van der Waals surface area contributed by atoms with E-state index in [-0.39, 0.29) is 25.0 Å². The maximum atomic E-state index is 12.1. The zero-order chi connectivity index (χ0) is 20.2. The van der Waals surface area contributed by atoms with Crippen LogP contribution in [0.3, 0.4) is 0 Å². The van der Waals surface area contributed by atoms with Crippen molar-refractivity contribution in [1.82, 2.24) is 24.5 Å². The van der Waals surface area contributed by atoms with Crippen molar-refractivity contribution in [3.05, 3.63) is 75.8 Å². The van der Waals surface area contributed by atoms with Gasteiger partial charge < -0.3 is 9.26 Å². The van der Waals surface area contributed by atoms with Gasteiger partial charge in [-0.3, -0.25) is 19.0 Å². The van der Waals surface area contributed by atoms with Crippen molar-refractivity contribution in [2.45, 2.75) is 19.4 Å². The Kier molecular flexibility index (Phi) is 5.30. The van der Waals surface area contributed by atoms with Crippen molar-refractivity contribution in [3.63, 3.8) is 0 Å². The molecule has 0 aliphatic carbocycles. The highest BCUT2D eigenvalue weighted by Crippen LogP contribution is 2.13. The molecular formula is C19H14ClN5O4. The predicted octanol–water partition coefficient (Wildman–Crippen LogP) is 2.47. The minimum absolute atomic E-state index is 0.0476. The first-order valence-corrected chi connectivity index (χ1v) is 9.04. The highest BCUT2D eigenvalue weighted by molar-refractivity contribution is 6.30. The van der Waals surface area contributed by atoms with Crippen LogP contribution in [-0.4, -0.2) is 30.5 Å². The van der Waals surface area contributed by atoms with Gasteiger partial charge in [0.1, 0.15) is 17.9 Å². The van der Waals surface area contributed by atoms with Gasteiger partial charge in [0.2, 0.25) is 11.7 Å². The first-order valence-electron chi connectivity index (χ1n) is 8.66. The molecule has 0 fully saturated rings. The Morgan fingerprint density at radius 3 is 2.93 bits per heavy atom. The quantitative estimate of drug-likeness (QED) is 0.445. The monoisotopic (exact) mass is 411 g/mol. The summed E-state index contributed by atoms with van der Waals surface area (Å²) in [5.74, 6) is 0.192. The summed E-state index contributed by atoms with van der Waals surface area (Å²) in [5.41, 5.74) is 1.04. The fraction of sp³-hybridized carbons (Fsp3) is 0.158. The second-order valence-electron chi connectivity index (χ2n) is 6.05. The summed E-state index contributed by atoms with van der Waals surface area (Å²) in [4.78, 5) is 36.8. The van der Waals surface area contributed by atoms with Crippen molar-refractivity contribution in [3.8, 4) is 11.5 Å². The molecule has 0 saturated heterocycles. The highest BCUT2D eigenvalue weighted by atomic mass is 35.5. The molecule has 4 heterocycles. The van der Waals surface area contributed by atoms with Crippen molar-refractivity contribution in [2.24, 2.45) is 0 Å². The maximum absolute atomic E-state index is 12.1. The molecule has 0 amide bonds. The number of rotatable bonds is 6. The van der Waals surface area contributed by atoms with Gasteiger partial charge in [0.05, 0.1) is 17.1 Å². The number of esters is 1. The van der Waals surface area contributed by atoms with Crippen LogP contribution in [0.15, 0.2) is 58.1 Å². The van der Waals surface area contributed by atoms with Crippen molar-refractivity contribution < 1.29 is 14.1 Å². The summed E-state index contributed by atoms with van der Waals surface area (Å²) < 4.78 is 11.6. The Morgan fingerprint density at radius 1 is 1.21 bits per heavy atom. The molecule has 0 saturated carbocycles. The van der Waals surface area contributed by atoms with Crippen LogP contribution in [0.25, 0.3) is 17.2 Å². The van der Waals surface area contributed by atoms with Crippen molar-refractivity contribution in [1.29, 1.82) is 0 Å². The summed E-state index contributed by atoms with van der Waals surface area (Å²) in [6.45, 7) is -0.115. The number of aromatic nitrogens is 5. The van der Waals surface area contributed by atoms with Crippen LogP contribution in [0.1, 0.15) is 18.0 Å². The standard InChI is InChI=1S/C19H14ClN5O4/c20-12-4-5-15-22-13(9-17(26)25(15)10-12)11-28-18(27)7-6-16-23-19(24-29-16)14-3-1-2-8-21-14/h1-5,8-10H,6-7,11H2. The first-order chi connectivity index (χ1) is 14.1. The third-order valence-corrected chi connectivity index (χ3v) is 4.19. The smallest absolute Gasteiger partial charge is 0.306 e. The SMILES string of the molecule is O=C(CCc1nc(-c2ccccn2)no1)OCc1cc(=O)n2cc(Cl)ccc2n1. The van der Waals surface area contributed by atoms with Crippen molar-refractivity contribution >= 4 is 23.2 Å². The molecule has 0 unspecified atom stereocenters. The molecule has 10 heteroatoms. The number of hydrogen-bond donors (Lipinski definition) is 0. The largest absolute Gasteiger partial charge is 0.459 e. The van der Waals surface area contributed by atoms with E-state index < -0.39 is 5.97 Å². The number of nitrogens with zero attached hydrogens (tertiary/aromatic N) is 5. The molecule has 4 rings (SSSR count). The molecule has 9 nitrogen and oxygen atoms in total. The van der Waals surface area contributed by atoms with E-state index >= 15 is 0 Å². The molecule has 0 N–H and O–H groups in total.